The highest BCUT2D eigenvalue weighted by Gasteiger charge is 2.50. The molecule has 0 atom stereocenters. The Morgan fingerprint density at radius 2 is 0.956 bits per heavy atom. The fraction of sp³-hybridized carbons (Fsp3) is 0.0233. The summed E-state index contributed by atoms with van der Waals surface area (Å²) in [4.78, 5) is 2.37. The molecule has 0 bridgehead atoms. The number of anilines is 3. The van der Waals surface area contributed by atoms with Gasteiger partial charge in [-0.05, 0) is 68.4 Å². The van der Waals surface area contributed by atoms with Crippen molar-refractivity contribution >= 4 is 49.4 Å². The highest BCUT2D eigenvalue weighted by molar-refractivity contribution is 6.16. The van der Waals surface area contributed by atoms with E-state index in [1.165, 1.54) is 49.0 Å². The summed E-state index contributed by atoms with van der Waals surface area (Å²) >= 11 is 0. The van der Waals surface area contributed by atoms with Crippen LogP contribution >= 0.6 is 0 Å². The number of nitrogens with zero attached hydrogens (tertiary/aromatic N) is 1. The van der Waals surface area contributed by atoms with Gasteiger partial charge in [-0.2, -0.15) is 0 Å². The second kappa shape index (κ2) is 9.07. The fourth-order valence-corrected chi connectivity index (χ4v) is 8.12. The minimum Gasteiger partial charge on any atom is -0.454 e. The maximum atomic E-state index is 7.08. The predicted molar refractivity (Wildman–Crippen MR) is 186 cm³/mol. The van der Waals surface area contributed by atoms with Crippen molar-refractivity contribution in [2.75, 3.05) is 4.90 Å². The summed E-state index contributed by atoms with van der Waals surface area (Å²) in [7, 11) is 0. The van der Waals surface area contributed by atoms with Crippen molar-refractivity contribution in [1.29, 1.82) is 0 Å². The molecule has 0 aromatic heterocycles. The van der Waals surface area contributed by atoms with Gasteiger partial charge in [0.2, 0.25) is 0 Å². The van der Waals surface area contributed by atoms with Gasteiger partial charge in [-0.1, -0.05) is 133 Å². The van der Waals surface area contributed by atoms with Crippen molar-refractivity contribution in [3.8, 4) is 11.5 Å². The van der Waals surface area contributed by atoms with Gasteiger partial charge in [0, 0.05) is 22.2 Å². The summed E-state index contributed by atoms with van der Waals surface area (Å²) in [6.45, 7) is 0. The van der Waals surface area contributed by atoms with Crippen LogP contribution in [0.5, 0.6) is 11.5 Å². The third-order valence-electron chi connectivity index (χ3n) is 9.86. The number of fused-ring (bicyclic) bond motifs is 7. The van der Waals surface area contributed by atoms with Gasteiger partial charge < -0.3 is 9.64 Å². The normalized spacial score (nSPS) is 13.7. The van der Waals surface area contributed by atoms with E-state index >= 15 is 0 Å². The van der Waals surface area contributed by atoms with E-state index in [4.69, 9.17) is 4.74 Å². The van der Waals surface area contributed by atoms with Crippen LogP contribution in [0.3, 0.4) is 0 Å². The second-order valence-electron chi connectivity index (χ2n) is 12.0. The minimum atomic E-state index is -0.524. The van der Waals surface area contributed by atoms with Crippen LogP contribution in [0.25, 0.3) is 32.3 Å². The smallest absolute Gasteiger partial charge is 0.156 e. The number of benzene rings is 8. The van der Waals surface area contributed by atoms with E-state index in [2.05, 4.69) is 169 Å². The lowest BCUT2D eigenvalue weighted by atomic mass is 9.65. The first-order valence-electron chi connectivity index (χ1n) is 15.5. The number of hydrogen-bond donors (Lipinski definition) is 0. The van der Waals surface area contributed by atoms with Gasteiger partial charge in [0.05, 0.1) is 16.8 Å². The van der Waals surface area contributed by atoms with Crippen LogP contribution in [0.1, 0.15) is 22.3 Å². The van der Waals surface area contributed by atoms with E-state index in [0.29, 0.717) is 0 Å². The Bertz CT molecular complexity index is 2410. The molecule has 45 heavy (non-hydrogen) atoms. The molecule has 0 amide bonds. The predicted octanol–water partition coefficient (Wildman–Crippen LogP) is 11.4. The number of hydrogen-bond acceptors (Lipinski definition) is 2. The molecule has 1 aliphatic carbocycles. The van der Waals surface area contributed by atoms with E-state index < -0.39 is 5.41 Å². The quantitative estimate of drug-likeness (QED) is 0.195. The van der Waals surface area contributed by atoms with Crippen molar-refractivity contribution in [1.82, 2.24) is 0 Å². The van der Waals surface area contributed by atoms with Gasteiger partial charge >= 0.3 is 0 Å². The van der Waals surface area contributed by atoms with Crippen molar-refractivity contribution in [2.45, 2.75) is 5.41 Å². The van der Waals surface area contributed by atoms with Crippen LogP contribution in [0.2, 0.25) is 0 Å². The molecule has 8 aromatic carbocycles. The summed E-state index contributed by atoms with van der Waals surface area (Å²) in [6.07, 6.45) is 0. The molecule has 10 rings (SSSR count). The monoisotopic (exact) mass is 573 g/mol. The molecule has 1 spiro atoms. The summed E-state index contributed by atoms with van der Waals surface area (Å²) in [5, 5.41) is 7.61. The van der Waals surface area contributed by atoms with Gasteiger partial charge in [-0.15, -0.1) is 0 Å². The lowest BCUT2D eigenvalue weighted by Gasteiger charge is -2.41. The maximum absolute atomic E-state index is 7.08. The Hall–Kier alpha value is -5.86. The number of para-hydroxylation sites is 3. The van der Waals surface area contributed by atoms with Gasteiger partial charge in [-0.3, -0.25) is 0 Å². The zero-order valence-electron chi connectivity index (χ0n) is 24.4. The van der Waals surface area contributed by atoms with E-state index in [9.17, 15) is 0 Å². The SMILES string of the molecule is c1ccc(N(c2cccc3c2Oc2ccccc2C32c3cccc4ccc5cccc2c5c34)c2cccc3ccccc23)cc1. The van der Waals surface area contributed by atoms with E-state index in [-0.39, 0.29) is 0 Å². The standard InChI is InChI=1S/C43H27NO/c1-2-16-31(17-3-1)44(37-23-10-13-28-12-4-5-18-32(28)37)38-24-11-22-36-42(38)45-39-25-7-6-19-33(39)43(36)34-20-8-14-29-26-27-30-15-9-21-35(43)41(30)40(29)34/h1-27H. The second-order valence-corrected chi connectivity index (χ2v) is 12.0. The van der Waals surface area contributed by atoms with Crippen molar-refractivity contribution < 1.29 is 4.74 Å². The van der Waals surface area contributed by atoms with Crippen molar-refractivity contribution in [3.63, 3.8) is 0 Å². The van der Waals surface area contributed by atoms with Crippen LogP contribution < -0.4 is 9.64 Å². The molecule has 0 saturated carbocycles. The molecular formula is C43H27NO. The molecule has 2 nitrogen and oxygen atoms in total. The Balaban J connectivity index is 1.34. The van der Waals surface area contributed by atoms with Crippen LogP contribution in [0.4, 0.5) is 17.1 Å². The molecule has 0 radical (unpaired) electrons. The number of ether oxygens (including phenoxy) is 1. The Morgan fingerprint density at radius 3 is 1.76 bits per heavy atom. The summed E-state index contributed by atoms with van der Waals surface area (Å²) in [5.41, 5.74) is 7.66. The average molecular weight is 574 g/mol. The Kier molecular flexibility index (Phi) is 4.95. The summed E-state index contributed by atoms with van der Waals surface area (Å²) < 4.78 is 7.08. The van der Waals surface area contributed by atoms with E-state index in [1.54, 1.807) is 0 Å². The fourth-order valence-electron chi connectivity index (χ4n) is 8.12. The largest absolute Gasteiger partial charge is 0.454 e. The summed E-state index contributed by atoms with van der Waals surface area (Å²) in [5.74, 6) is 1.78. The highest BCUT2D eigenvalue weighted by atomic mass is 16.5. The molecule has 210 valence electrons. The lowest BCUT2D eigenvalue weighted by Crippen LogP contribution is -2.33. The third-order valence-corrected chi connectivity index (χ3v) is 9.86. The molecular weight excluding hydrogens is 546 g/mol. The Morgan fingerprint density at radius 1 is 0.400 bits per heavy atom. The lowest BCUT2D eigenvalue weighted by molar-refractivity contribution is 0.438. The van der Waals surface area contributed by atoms with E-state index in [1.807, 2.05) is 0 Å². The third kappa shape index (κ3) is 3.18. The van der Waals surface area contributed by atoms with Crippen LogP contribution in [0, 0.1) is 0 Å². The topological polar surface area (TPSA) is 12.5 Å². The van der Waals surface area contributed by atoms with Crippen LogP contribution in [0.15, 0.2) is 164 Å². The summed E-state index contributed by atoms with van der Waals surface area (Å²) in [6, 6.07) is 59.2. The van der Waals surface area contributed by atoms with E-state index in [0.717, 1.165) is 34.1 Å². The van der Waals surface area contributed by atoms with Crippen LogP contribution in [-0.4, -0.2) is 0 Å². The molecule has 2 heteroatoms. The molecule has 0 saturated heterocycles. The first-order chi connectivity index (χ1) is 22.3. The van der Waals surface area contributed by atoms with Gasteiger partial charge in [0.15, 0.2) is 5.75 Å². The Labute approximate surface area is 261 Å². The molecule has 0 unspecified atom stereocenters. The molecule has 1 aliphatic heterocycles. The average Bonchev–Trinajstić information content (AvgIpc) is 3.40. The first kappa shape index (κ1) is 24.6. The van der Waals surface area contributed by atoms with Crippen LogP contribution in [-0.2, 0) is 5.41 Å². The maximum Gasteiger partial charge on any atom is 0.156 e. The minimum absolute atomic E-state index is 0.524. The zero-order valence-corrected chi connectivity index (χ0v) is 24.4. The molecule has 0 fully saturated rings. The molecule has 0 N–H and O–H groups in total. The van der Waals surface area contributed by atoms with Gasteiger partial charge in [-0.25, -0.2) is 0 Å². The van der Waals surface area contributed by atoms with Crippen molar-refractivity contribution in [2.24, 2.45) is 0 Å². The number of rotatable bonds is 3. The van der Waals surface area contributed by atoms with Crippen molar-refractivity contribution in [3.05, 3.63) is 186 Å². The molecule has 8 aromatic rings. The molecule has 1 heterocycles. The highest BCUT2D eigenvalue weighted by Crippen LogP contribution is 2.63. The van der Waals surface area contributed by atoms with Gasteiger partial charge in [0.1, 0.15) is 5.75 Å². The van der Waals surface area contributed by atoms with Gasteiger partial charge in [0.25, 0.3) is 0 Å². The zero-order chi connectivity index (χ0) is 29.5. The first-order valence-corrected chi connectivity index (χ1v) is 15.5. The molecule has 2 aliphatic rings.